The van der Waals surface area contributed by atoms with Crippen LogP contribution in [0.2, 0.25) is 0 Å². The smallest absolute Gasteiger partial charge is 0.245 e. The number of hydrogen-bond acceptors (Lipinski definition) is 2. The Labute approximate surface area is 165 Å². The Kier molecular flexibility index (Phi) is 3.87. The van der Waals surface area contributed by atoms with Gasteiger partial charge >= 0.3 is 0 Å². The SMILES string of the molecule is Cc1ccc2c(c1)C1(CCN(C(=O)[C@H]3CCC(=O)N3)CC1)c1cc(C)ccc1-2. The first-order chi connectivity index (χ1) is 13.5. The molecule has 1 atom stereocenters. The van der Waals surface area contributed by atoms with E-state index in [1.807, 2.05) is 4.90 Å². The number of fused-ring (bicyclic) bond motifs is 5. The lowest BCUT2D eigenvalue weighted by Gasteiger charge is -2.41. The van der Waals surface area contributed by atoms with Gasteiger partial charge < -0.3 is 10.2 Å². The molecular weight excluding hydrogens is 348 g/mol. The van der Waals surface area contributed by atoms with Gasteiger partial charge in [-0.3, -0.25) is 9.59 Å². The van der Waals surface area contributed by atoms with Crippen molar-refractivity contribution in [2.24, 2.45) is 0 Å². The number of likely N-dealkylation sites (tertiary alicyclic amines) is 1. The van der Waals surface area contributed by atoms with Crippen LogP contribution in [0.3, 0.4) is 0 Å². The van der Waals surface area contributed by atoms with Crippen molar-refractivity contribution < 1.29 is 9.59 Å². The van der Waals surface area contributed by atoms with Crippen molar-refractivity contribution in [1.29, 1.82) is 0 Å². The van der Waals surface area contributed by atoms with Gasteiger partial charge in [0, 0.05) is 24.9 Å². The Hall–Kier alpha value is -2.62. The summed E-state index contributed by atoms with van der Waals surface area (Å²) in [4.78, 5) is 26.3. The van der Waals surface area contributed by atoms with Crippen molar-refractivity contribution in [2.75, 3.05) is 13.1 Å². The lowest BCUT2D eigenvalue weighted by molar-refractivity contribution is -0.135. The van der Waals surface area contributed by atoms with Gasteiger partial charge in [0.1, 0.15) is 6.04 Å². The maximum atomic E-state index is 12.9. The van der Waals surface area contributed by atoms with Crippen molar-refractivity contribution in [2.45, 2.75) is 51.0 Å². The Morgan fingerprint density at radius 1 is 1.00 bits per heavy atom. The first-order valence-corrected chi connectivity index (χ1v) is 10.3. The molecule has 2 saturated heterocycles. The summed E-state index contributed by atoms with van der Waals surface area (Å²) in [5.74, 6) is 0.0871. The van der Waals surface area contributed by atoms with E-state index in [1.165, 1.54) is 33.4 Å². The fourth-order valence-electron chi connectivity index (χ4n) is 5.39. The van der Waals surface area contributed by atoms with Crippen molar-refractivity contribution in [1.82, 2.24) is 10.2 Å². The number of carbonyl (C=O) groups excluding carboxylic acids is 2. The van der Waals surface area contributed by atoms with E-state index in [-0.39, 0.29) is 23.3 Å². The number of nitrogens with zero attached hydrogens (tertiary/aromatic N) is 1. The second-order valence-corrected chi connectivity index (χ2v) is 8.66. The van der Waals surface area contributed by atoms with Gasteiger partial charge in [-0.1, -0.05) is 47.5 Å². The van der Waals surface area contributed by atoms with Crippen LogP contribution in [0.1, 0.15) is 47.9 Å². The van der Waals surface area contributed by atoms with E-state index < -0.39 is 0 Å². The molecule has 144 valence electrons. The Morgan fingerprint density at radius 3 is 2.07 bits per heavy atom. The van der Waals surface area contributed by atoms with E-state index in [2.05, 4.69) is 55.6 Å². The minimum absolute atomic E-state index is 0.00158. The minimum atomic E-state index is -0.325. The predicted octanol–water partition coefficient (Wildman–Crippen LogP) is 3.47. The molecule has 1 aliphatic carbocycles. The lowest BCUT2D eigenvalue weighted by Crippen LogP contribution is -2.50. The summed E-state index contributed by atoms with van der Waals surface area (Å²) in [6.45, 7) is 5.80. The van der Waals surface area contributed by atoms with Crippen LogP contribution in [0, 0.1) is 13.8 Å². The lowest BCUT2D eigenvalue weighted by atomic mass is 9.70. The summed E-state index contributed by atoms with van der Waals surface area (Å²) in [6.07, 6.45) is 2.97. The number of aryl methyl sites for hydroxylation is 2. The fraction of sp³-hybridized carbons (Fsp3) is 0.417. The molecule has 2 aromatic carbocycles. The summed E-state index contributed by atoms with van der Waals surface area (Å²) in [6, 6.07) is 13.3. The van der Waals surface area contributed by atoms with Gasteiger partial charge in [0.15, 0.2) is 0 Å². The molecule has 2 fully saturated rings. The van der Waals surface area contributed by atoms with E-state index in [9.17, 15) is 9.59 Å². The molecule has 0 radical (unpaired) electrons. The maximum Gasteiger partial charge on any atom is 0.245 e. The van der Waals surface area contributed by atoms with E-state index in [1.54, 1.807) is 0 Å². The number of hydrogen-bond donors (Lipinski definition) is 1. The van der Waals surface area contributed by atoms with Crippen molar-refractivity contribution in [3.63, 3.8) is 0 Å². The average molecular weight is 374 g/mol. The first kappa shape index (κ1) is 17.5. The Morgan fingerprint density at radius 2 is 1.57 bits per heavy atom. The molecule has 4 nitrogen and oxygen atoms in total. The zero-order valence-corrected chi connectivity index (χ0v) is 16.5. The van der Waals surface area contributed by atoms with Gasteiger partial charge in [-0.15, -0.1) is 0 Å². The maximum absolute atomic E-state index is 12.9. The standard InChI is InChI=1S/C24H26N2O2/c1-15-3-5-17-18-6-4-16(2)14-20(18)24(19(17)13-15)9-11-26(12-10-24)23(28)21-7-8-22(27)25-21/h3-6,13-14,21H,7-12H2,1-2H3,(H,25,27)/t21-/m1/s1. The second kappa shape index (κ2) is 6.20. The van der Waals surface area contributed by atoms with Crippen LogP contribution in [0.5, 0.6) is 0 Å². The van der Waals surface area contributed by atoms with Gasteiger partial charge in [-0.2, -0.15) is 0 Å². The second-order valence-electron chi connectivity index (χ2n) is 8.66. The first-order valence-electron chi connectivity index (χ1n) is 10.3. The monoisotopic (exact) mass is 374 g/mol. The molecule has 0 saturated carbocycles. The van der Waals surface area contributed by atoms with E-state index in [0.717, 1.165) is 25.9 Å². The van der Waals surface area contributed by atoms with Crippen molar-refractivity contribution in [3.05, 3.63) is 58.7 Å². The molecule has 2 aliphatic heterocycles. The van der Waals surface area contributed by atoms with Crippen molar-refractivity contribution in [3.8, 4) is 11.1 Å². The number of amides is 2. The molecule has 1 N–H and O–H groups in total. The number of piperidine rings is 1. The van der Waals surface area contributed by atoms with Crippen molar-refractivity contribution >= 4 is 11.8 Å². The summed E-state index contributed by atoms with van der Waals surface area (Å²) >= 11 is 0. The summed E-state index contributed by atoms with van der Waals surface area (Å²) < 4.78 is 0. The van der Waals surface area contributed by atoms with Crippen LogP contribution in [-0.2, 0) is 15.0 Å². The number of nitrogens with one attached hydrogen (secondary N) is 1. The molecule has 2 amide bonds. The molecule has 0 bridgehead atoms. The van der Waals surface area contributed by atoms with Crippen LogP contribution in [0.15, 0.2) is 36.4 Å². The third-order valence-electron chi connectivity index (χ3n) is 6.89. The fourth-order valence-corrected chi connectivity index (χ4v) is 5.39. The quantitative estimate of drug-likeness (QED) is 0.831. The van der Waals surface area contributed by atoms with Crippen LogP contribution < -0.4 is 5.32 Å². The normalized spacial score (nSPS) is 22.1. The molecule has 2 heterocycles. The average Bonchev–Trinajstić information content (AvgIpc) is 3.23. The van der Waals surface area contributed by atoms with E-state index in [0.29, 0.717) is 12.8 Å². The number of carbonyl (C=O) groups is 2. The summed E-state index contributed by atoms with van der Waals surface area (Å²) in [5, 5.41) is 2.83. The largest absolute Gasteiger partial charge is 0.344 e. The molecule has 4 heteroatoms. The number of rotatable bonds is 1. The number of benzene rings is 2. The molecule has 2 aromatic rings. The summed E-state index contributed by atoms with van der Waals surface area (Å²) in [7, 11) is 0. The highest BCUT2D eigenvalue weighted by Gasteiger charge is 2.46. The van der Waals surface area contributed by atoms with Gasteiger partial charge in [0.05, 0.1) is 0 Å². The van der Waals surface area contributed by atoms with E-state index >= 15 is 0 Å². The predicted molar refractivity (Wildman–Crippen MR) is 109 cm³/mol. The van der Waals surface area contributed by atoms with Gasteiger partial charge in [-0.25, -0.2) is 0 Å². The third-order valence-corrected chi connectivity index (χ3v) is 6.89. The van der Waals surface area contributed by atoms with Crippen LogP contribution in [0.4, 0.5) is 0 Å². The Balaban J connectivity index is 1.48. The molecule has 1 spiro atoms. The molecule has 0 aromatic heterocycles. The molecule has 0 unspecified atom stereocenters. The Bertz CT molecular complexity index is 933. The zero-order chi connectivity index (χ0) is 19.5. The highest BCUT2D eigenvalue weighted by Crippen LogP contribution is 2.54. The minimum Gasteiger partial charge on any atom is -0.344 e. The third kappa shape index (κ3) is 2.50. The van der Waals surface area contributed by atoms with Crippen LogP contribution >= 0.6 is 0 Å². The molecule has 28 heavy (non-hydrogen) atoms. The molecular formula is C24H26N2O2. The topological polar surface area (TPSA) is 49.4 Å². The molecule has 3 aliphatic rings. The zero-order valence-electron chi connectivity index (χ0n) is 16.5. The van der Waals surface area contributed by atoms with Crippen LogP contribution in [-0.4, -0.2) is 35.8 Å². The van der Waals surface area contributed by atoms with Gasteiger partial charge in [0.2, 0.25) is 11.8 Å². The van der Waals surface area contributed by atoms with Gasteiger partial charge in [-0.05, 0) is 55.4 Å². The molecule has 5 rings (SSSR count). The van der Waals surface area contributed by atoms with E-state index in [4.69, 9.17) is 0 Å². The highest BCUT2D eigenvalue weighted by molar-refractivity contribution is 5.91. The van der Waals surface area contributed by atoms with Crippen LogP contribution in [0.25, 0.3) is 11.1 Å². The summed E-state index contributed by atoms with van der Waals surface area (Å²) in [5.41, 5.74) is 8.12. The van der Waals surface area contributed by atoms with Gasteiger partial charge in [0.25, 0.3) is 0 Å². The highest BCUT2D eigenvalue weighted by atomic mass is 16.2.